The molecule has 0 aromatic heterocycles. The van der Waals surface area contributed by atoms with Crippen LogP contribution in [0.2, 0.25) is 0 Å². The van der Waals surface area contributed by atoms with Gasteiger partial charge < -0.3 is 11.1 Å². The largest absolute Gasteiger partial charge is 0.392 e. The monoisotopic (exact) mass is 251 g/mol. The SMILES string of the molecule is NC(=S)CS(=O)(=O)N1CCNC(=O)CC1. The summed E-state index contributed by atoms with van der Waals surface area (Å²) < 4.78 is 24.6. The molecule has 8 heteroatoms. The van der Waals surface area contributed by atoms with Crippen molar-refractivity contribution < 1.29 is 13.2 Å². The molecular formula is C7H13N3O3S2. The van der Waals surface area contributed by atoms with E-state index in [-0.39, 0.29) is 36.2 Å². The standard InChI is InChI=1S/C7H13N3O3S2/c8-6(14)5-15(12,13)10-3-1-7(11)9-2-4-10/h1-5H2,(H2,8,14)(H,9,11). The molecule has 0 atom stereocenters. The highest BCUT2D eigenvalue weighted by molar-refractivity contribution is 7.92. The van der Waals surface area contributed by atoms with Crippen LogP contribution in [0.5, 0.6) is 0 Å². The van der Waals surface area contributed by atoms with Gasteiger partial charge in [-0.3, -0.25) is 4.79 Å². The van der Waals surface area contributed by atoms with Gasteiger partial charge in [0.25, 0.3) is 0 Å². The number of thiocarbonyl (C=S) groups is 1. The molecule has 0 spiro atoms. The lowest BCUT2D eigenvalue weighted by Gasteiger charge is -2.18. The Morgan fingerprint density at radius 2 is 2.20 bits per heavy atom. The minimum Gasteiger partial charge on any atom is -0.392 e. The molecule has 1 aliphatic heterocycles. The van der Waals surface area contributed by atoms with Crippen LogP contribution in [0.25, 0.3) is 0 Å². The second kappa shape index (κ2) is 4.86. The fourth-order valence-corrected chi connectivity index (χ4v) is 3.02. The Kier molecular flexibility index (Phi) is 4.00. The Hall–Kier alpha value is -0.730. The van der Waals surface area contributed by atoms with Gasteiger partial charge in [0, 0.05) is 26.1 Å². The zero-order valence-electron chi connectivity index (χ0n) is 8.10. The van der Waals surface area contributed by atoms with Gasteiger partial charge in [0.15, 0.2) is 0 Å². The second-order valence-corrected chi connectivity index (χ2v) is 5.71. The molecule has 3 N–H and O–H groups in total. The molecule has 1 amide bonds. The number of carbonyl (C=O) groups excluding carboxylic acids is 1. The summed E-state index contributed by atoms with van der Waals surface area (Å²) in [6.45, 7) is 0.795. The van der Waals surface area contributed by atoms with E-state index in [1.165, 1.54) is 4.31 Å². The molecule has 1 saturated heterocycles. The van der Waals surface area contributed by atoms with E-state index in [1.54, 1.807) is 0 Å². The summed E-state index contributed by atoms with van der Waals surface area (Å²) in [6.07, 6.45) is 0.177. The molecule has 0 bridgehead atoms. The molecule has 0 aliphatic carbocycles. The Labute approximate surface area is 93.9 Å². The first-order valence-corrected chi connectivity index (χ1v) is 6.46. The van der Waals surface area contributed by atoms with Crippen molar-refractivity contribution in [2.24, 2.45) is 5.73 Å². The van der Waals surface area contributed by atoms with Crippen molar-refractivity contribution in [1.29, 1.82) is 0 Å². The number of hydrogen-bond donors (Lipinski definition) is 2. The number of rotatable bonds is 3. The van der Waals surface area contributed by atoms with Crippen LogP contribution in [-0.4, -0.2) is 49.0 Å². The van der Waals surface area contributed by atoms with Gasteiger partial charge in [-0.15, -0.1) is 0 Å². The topological polar surface area (TPSA) is 92.5 Å². The summed E-state index contributed by atoms with van der Waals surface area (Å²) in [5, 5.41) is 2.59. The first kappa shape index (κ1) is 12.3. The zero-order chi connectivity index (χ0) is 11.5. The van der Waals surface area contributed by atoms with E-state index in [0.29, 0.717) is 6.54 Å². The van der Waals surface area contributed by atoms with Gasteiger partial charge in [-0.1, -0.05) is 12.2 Å². The fourth-order valence-electron chi connectivity index (χ4n) is 1.30. The van der Waals surface area contributed by atoms with Crippen molar-refractivity contribution in [3.8, 4) is 0 Å². The van der Waals surface area contributed by atoms with Gasteiger partial charge in [-0.2, -0.15) is 4.31 Å². The average Bonchev–Trinajstić information content (AvgIpc) is 2.27. The summed E-state index contributed by atoms with van der Waals surface area (Å²) in [5.74, 6) is -0.473. The third-order valence-electron chi connectivity index (χ3n) is 1.99. The fraction of sp³-hybridized carbons (Fsp3) is 0.714. The molecule has 0 saturated carbocycles. The summed E-state index contributed by atoms with van der Waals surface area (Å²) >= 11 is 4.56. The van der Waals surface area contributed by atoms with Gasteiger partial charge in [-0.25, -0.2) is 8.42 Å². The van der Waals surface area contributed by atoms with Crippen LogP contribution < -0.4 is 11.1 Å². The van der Waals surface area contributed by atoms with E-state index in [1.807, 2.05) is 0 Å². The van der Waals surface area contributed by atoms with Crippen molar-refractivity contribution in [2.45, 2.75) is 6.42 Å². The number of nitrogens with two attached hydrogens (primary N) is 1. The Balaban J connectivity index is 2.70. The second-order valence-electron chi connectivity index (χ2n) is 3.22. The summed E-state index contributed by atoms with van der Waals surface area (Å²) in [4.78, 5) is 10.9. The van der Waals surface area contributed by atoms with Crippen LogP contribution in [0, 0.1) is 0 Å². The van der Waals surface area contributed by atoms with Crippen LogP contribution in [0.3, 0.4) is 0 Å². The lowest BCUT2D eigenvalue weighted by atomic mass is 10.4. The highest BCUT2D eigenvalue weighted by Crippen LogP contribution is 2.05. The molecule has 1 heterocycles. The summed E-state index contributed by atoms with van der Waals surface area (Å²) in [6, 6.07) is 0. The molecule has 0 unspecified atom stereocenters. The van der Waals surface area contributed by atoms with Crippen molar-refractivity contribution >= 4 is 33.1 Å². The van der Waals surface area contributed by atoms with E-state index in [2.05, 4.69) is 17.5 Å². The highest BCUT2D eigenvalue weighted by atomic mass is 32.2. The molecule has 1 rings (SSSR count). The van der Waals surface area contributed by atoms with Crippen LogP contribution in [-0.2, 0) is 14.8 Å². The van der Waals surface area contributed by atoms with Crippen molar-refractivity contribution in [3.05, 3.63) is 0 Å². The van der Waals surface area contributed by atoms with Gasteiger partial charge >= 0.3 is 0 Å². The van der Waals surface area contributed by atoms with E-state index >= 15 is 0 Å². The average molecular weight is 251 g/mol. The third-order valence-corrected chi connectivity index (χ3v) is 4.14. The maximum atomic E-state index is 11.7. The summed E-state index contributed by atoms with van der Waals surface area (Å²) in [5.41, 5.74) is 5.19. The molecule has 15 heavy (non-hydrogen) atoms. The Bertz CT molecular complexity index is 366. The lowest BCUT2D eigenvalue weighted by molar-refractivity contribution is -0.120. The maximum Gasteiger partial charge on any atom is 0.221 e. The van der Waals surface area contributed by atoms with Crippen molar-refractivity contribution in [3.63, 3.8) is 0 Å². The predicted octanol–water partition coefficient (Wildman–Crippen LogP) is -1.58. The predicted molar refractivity (Wildman–Crippen MR) is 59.8 cm³/mol. The molecule has 0 radical (unpaired) electrons. The van der Waals surface area contributed by atoms with E-state index < -0.39 is 10.0 Å². The highest BCUT2D eigenvalue weighted by Gasteiger charge is 2.25. The van der Waals surface area contributed by atoms with Crippen molar-refractivity contribution in [2.75, 3.05) is 25.4 Å². The number of carbonyl (C=O) groups is 1. The first-order chi connectivity index (χ1) is 6.92. The lowest BCUT2D eigenvalue weighted by Crippen LogP contribution is -2.38. The quantitative estimate of drug-likeness (QED) is 0.591. The van der Waals surface area contributed by atoms with Gasteiger partial charge in [0.05, 0.1) is 4.99 Å². The van der Waals surface area contributed by atoms with Crippen LogP contribution in [0.15, 0.2) is 0 Å². The van der Waals surface area contributed by atoms with Crippen LogP contribution in [0.1, 0.15) is 6.42 Å². The van der Waals surface area contributed by atoms with Gasteiger partial charge in [0.2, 0.25) is 15.9 Å². The number of sulfonamides is 1. The molecule has 0 aromatic rings. The number of nitrogens with zero attached hydrogens (tertiary/aromatic N) is 1. The minimum atomic E-state index is -3.45. The van der Waals surface area contributed by atoms with Crippen LogP contribution in [0.4, 0.5) is 0 Å². The van der Waals surface area contributed by atoms with E-state index in [0.717, 1.165) is 0 Å². The van der Waals surface area contributed by atoms with Crippen LogP contribution >= 0.6 is 12.2 Å². The van der Waals surface area contributed by atoms with Gasteiger partial charge in [0.1, 0.15) is 5.75 Å². The Morgan fingerprint density at radius 1 is 1.53 bits per heavy atom. The molecule has 0 aromatic carbocycles. The molecule has 1 fully saturated rings. The molecule has 6 nitrogen and oxygen atoms in total. The first-order valence-electron chi connectivity index (χ1n) is 4.44. The smallest absolute Gasteiger partial charge is 0.221 e. The minimum absolute atomic E-state index is 0.0569. The number of amides is 1. The molecular weight excluding hydrogens is 238 g/mol. The van der Waals surface area contributed by atoms with Gasteiger partial charge in [-0.05, 0) is 0 Å². The Morgan fingerprint density at radius 3 is 2.80 bits per heavy atom. The zero-order valence-corrected chi connectivity index (χ0v) is 9.73. The summed E-state index contributed by atoms with van der Waals surface area (Å²) in [7, 11) is -3.45. The van der Waals surface area contributed by atoms with E-state index in [9.17, 15) is 13.2 Å². The van der Waals surface area contributed by atoms with E-state index in [4.69, 9.17) is 5.73 Å². The number of hydrogen-bond acceptors (Lipinski definition) is 4. The number of nitrogens with one attached hydrogen (secondary N) is 1. The molecule has 1 aliphatic rings. The van der Waals surface area contributed by atoms with Crippen molar-refractivity contribution in [1.82, 2.24) is 9.62 Å². The third kappa shape index (κ3) is 3.73. The normalized spacial score (nSPS) is 19.3. The maximum absolute atomic E-state index is 11.7. The molecule has 86 valence electrons.